The Labute approximate surface area is 192 Å². The van der Waals surface area contributed by atoms with Crippen molar-refractivity contribution in [1.82, 2.24) is 4.90 Å². The van der Waals surface area contributed by atoms with Gasteiger partial charge in [-0.1, -0.05) is 44.4 Å². The Morgan fingerprint density at radius 1 is 1.06 bits per heavy atom. The van der Waals surface area contributed by atoms with Gasteiger partial charge in [0, 0.05) is 37.9 Å². The van der Waals surface area contributed by atoms with Crippen molar-refractivity contribution >= 4 is 11.6 Å². The molecule has 0 unspecified atom stereocenters. The zero-order chi connectivity index (χ0) is 22.8. The maximum Gasteiger partial charge on any atom is 0.254 e. The van der Waals surface area contributed by atoms with Gasteiger partial charge in [-0.2, -0.15) is 0 Å². The fraction of sp³-hybridized carbons (Fsp3) is 0.500. The molecule has 32 heavy (non-hydrogen) atoms. The van der Waals surface area contributed by atoms with Crippen molar-refractivity contribution in [3.05, 3.63) is 53.6 Å². The molecule has 1 aliphatic heterocycles. The first-order valence-electron chi connectivity index (χ1n) is 11.6. The van der Waals surface area contributed by atoms with Gasteiger partial charge < -0.3 is 24.0 Å². The van der Waals surface area contributed by atoms with Crippen LogP contribution < -0.4 is 14.4 Å². The number of benzene rings is 2. The Morgan fingerprint density at radius 2 is 1.84 bits per heavy atom. The minimum absolute atomic E-state index is 0.0467. The lowest BCUT2D eigenvalue weighted by Crippen LogP contribution is -2.37. The molecule has 0 N–H and O–H groups in total. The fourth-order valence-corrected chi connectivity index (χ4v) is 3.94. The number of unbranched alkanes of at least 4 members (excludes halogenated alkanes) is 3. The molecule has 6 nitrogen and oxygen atoms in total. The van der Waals surface area contributed by atoms with Crippen molar-refractivity contribution < 1.29 is 19.0 Å². The minimum atomic E-state index is -0.0467. The first-order valence-corrected chi connectivity index (χ1v) is 11.6. The number of methoxy groups -OCH3 is 1. The summed E-state index contributed by atoms with van der Waals surface area (Å²) in [5.74, 6) is 1.23. The van der Waals surface area contributed by atoms with E-state index in [0.29, 0.717) is 30.2 Å². The fourth-order valence-electron chi connectivity index (χ4n) is 3.94. The second-order valence-electron chi connectivity index (χ2n) is 8.16. The Hall–Kier alpha value is -2.73. The SMILES string of the molecule is CCCCCCOc1ccc(C(=O)N(C)Cc2ccccc2N2CCOCC2)cc1OC. The number of anilines is 1. The number of ether oxygens (including phenoxy) is 3. The lowest BCUT2D eigenvalue weighted by Gasteiger charge is -2.31. The van der Waals surface area contributed by atoms with Crippen molar-refractivity contribution in [3.8, 4) is 11.5 Å². The third-order valence-electron chi connectivity index (χ3n) is 5.76. The molecule has 2 aromatic carbocycles. The van der Waals surface area contributed by atoms with E-state index in [9.17, 15) is 4.79 Å². The van der Waals surface area contributed by atoms with Gasteiger partial charge in [-0.25, -0.2) is 0 Å². The molecule has 1 aliphatic rings. The van der Waals surface area contributed by atoms with Crippen LogP contribution in [0, 0.1) is 0 Å². The molecule has 6 heteroatoms. The maximum atomic E-state index is 13.1. The van der Waals surface area contributed by atoms with Crippen LogP contribution in [-0.2, 0) is 11.3 Å². The molecule has 2 aromatic rings. The molecule has 0 spiro atoms. The number of carbonyl (C=O) groups is 1. The van der Waals surface area contributed by atoms with E-state index in [-0.39, 0.29) is 5.91 Å². The van der Waals surface area contributed by atoms with Gasteiger partial charge in [0.25, 0.3) is 5.91 Å². The molecule has 0 radical (unpaired) electrons. The van der Waals surface area contributed by atoms with E-state index in [0.717, 1.165) is 44.7 Å². The second-order valence-corrected chi connectivity index (χ2v) is 8.16. The van der Waals surface area contributed by atoms with Gasteiger partial charge in [0.05, 0.1) is 26.9 Å². The maximum absolute atomic E-state index is 13.1. The van der Waals surface area contributed by atoms with E-state index >= 15 is 0 Å². The number of rotatable bonds is 11. The van der Waals surface area contributed by atoms with Crippen LogP contribution in [0.1, 0.15) is 48.5 Å². The average molecular weight is 441 g/mol. The summed E-state index contributed by atoms with van der Waals surface area (Å²) in [6.45, 7) is 6.58. The third kappa shape index (κ3) is 6.39. The van der Waals surface area contributed by atoms with Crippen LogP contribution in [-0.4, -0.2) is 57.9 Å². The molecule has 0 aliphatic carbocycles. The number of morpholine rings is 1. The minimum Gasteiger partial charge on any atom is -0.493 e. The molecule has 174 valence electrons. The molecular formula is C26H36N2O4. The van der Waals surface area contributed by atoms with Gasteiger partial charge in [0.1, 0.15) is 0 Å². The summed E-state index contributed by atoms with van der Waals surface area (Å²) in [5.41, 5.74) is 2.88. The number of amides is 1. The molecule has 3 rings (SSSR count). The molecule has 0 bridgehead atoms. The topological polar surface area (TPSA) is 51.2 Å². The third-order valence-corrected chi connectivity index (χ3v) is 5.76. The molecule has 0 atom stereocenters. The Balaban J connectivity index is 1.65. The smallest absolute Gasteiger partial charge is 0.254 e. The summed E-state index contributed by atoms with van der Waals surface area (Å²) in [6.07, 6.45) is 4.59. The van der Waals surface area contributed by atoms with Crippen molar-refractivity contribution in [1.29, 1.82) is 0 Å². The largest absolute Gasteiger partial charge is 0.493 e. The Kier molecular flexibility index (Phi) is 9.23. The van der Waals surface area contributed by atoms with Crippen LogP contribution in [0.2, 0.25) is 0 Å². The lowest BCUT2D eigenvalue weighted by atomic mass is 10.1. The molecule has 0 aromatic heterocycles. The molecule has 0 saturated carbocycles. The zero-order valence-corrected chi connectivity index (χ0v) is 19.6. The van der Waals surface area contributed by atoms with E-state index in [1.54, 1.807) is 18.1 Å². The lowest BCUT2D eigenvalue weighted by molar-refractivity contribution is 0.0784. The Bertz CT molecular complexity index is 865. The van der Waals surface area contributed by atoms with Crippen molar-refractivity contribution in [3.63, 3.8) is 0 Å². The summed E-state index contributed by atoms with van der Waals surface area (Å²) in [6, 6.07) is 13.7. The number of carbonyl (C=O) groups excluding carboxylic acids is 1. The van der Waals surface area contributed by atoms with Crippen molar-refractivity contribution in [2.45, 2.75) is 39.2 Å². The van der Waals surface area contributed by atoms with Crippen LogP contribution >= 0.6 is 0 Å². The highest BCUT2D eigenvalue weighted by Gasteiger charge is 2.19. The molecule has 1 fully saturated rings. The van der Waals surface area contributed by atoms with Crippen molar-refractivity contribution in [2.75, 3.05) is 52.0 Å². The van der Waals surface area contributed by atoms with Gasteiger partial charge in [-0.15, -0.1) is 0 Å². The highest BCUT2D eigenvalue weighted by molar-refractivity contribution is 5.94. The number of para-hydroxylation sites is 1. The number of hydrogen-bond acceptors (Lipinski definition) is 5. The van der Waals surface area contributed by atoms with Gasteiger partial charge in [0.15, 0.2) is 11.5 Å². The number of nitrogens with zero attached hydrogens (tertiary/aromatic N) is 2. The summed E-state index contributed by atoms with van der Waals surface area (Å²) < 4.78 is 16.9. The van der Waals surface area contributed by atoms with Gasteiger partial charge in [-0.3, -0.25) is 4.79 Å². The van der Waals surface area contributed by atoms with Gasteiger partial charge >= 0.3 is 0 Å². The summed E-state index contributed by atoms with van der Waals surface area (Å²) >= 11 is 0. The highest BCUT2D eigenvalue weighted by atomic mass is 16.5. The van der Waals surface area contributed by atoms with E-state index in [2.05, 4.69) is 24.0 Å². The highest BCUT2D eigenvalue weighted by Crippen LogP contribution is 2.29. The summed E-state index contributed by atoms with van der Waals surface area (Å²) in [4.78, 5) is 17.2. The van der Waals surface area contributed by atoms with Crippen LogP contribution in [0.4, 0.5) is 5.69 Å². The monoisotopic (exact) mass is 440 g/mol. The van der Waals surface area contributed by atoms with E-state index in [1.165, 1.54) is 18.5 Å². The second kappa shape index (κ2) is 12.3. The van der Waals surface area contributed by atoms with E-state index < -0.39 is 0 Å². The predicted molar refractivity (Wildman–Crippen MR) is 128 cm³/mol. The van der Waals surface area contributed by atoms with E-state index in [4.69, 9.17) is 14.2 Å². The van der Waals surface area contributed by atoms with Crippen LogP contribution in [0.5, 0.6) is 11.5 Å². The van der Waals surface area contributed by atoms with Crippen molar-refractivity contribution in [2.24, 2.45) is 0 Å². The standard InChI is InChI=1S/C26H36N2O4/c1-4-5-6-9-16-32-24-13-12-21(19-25(24)30-3)26(29)27(2)20-22-10-7-8-11-23(22)28-14-17-31-18-15-28/h7-8,10-13,19H,4-6,9,14-18,20H2,1-3H3. The molecular weight excluding hydrogens is 404 g/mol. The summed E-state index contributed by atoms with van der Waals surface area (Å²) in [5, 5.41) is 0. The molecule has 1 heterocycles. The van der Waals surface area contributed by atoms with E-state index in [1.807, 2.05) is 31.3 Å². The summed E-state index contributed by atoms with van der Waals surface area (Å²) in [7, 11) is 3.44. The number of hydrogen-bond donors (Lipinski definition) is 0. The van der Waals surface area contributed by atoms with Gasteiger partial charge in [-0.05, 0) is 36.2 Å². The van der Waals surface area contributed by atoms with Crippen LogP contribution in [0.25, 0.3) is 0 Å². The van der Waals surface area contributed by atoms with Gasteiger partial charge in [0.2, 0.25) is 0 Å². The predicted octanol–water partition coefficient (Wildman–Crippen LogP) is 4.76. The zero-order valence-electron chi connectivity index (χ0n) is 19.6. The first kappa shape index (κ1) is 23.9. The van der Waals surface area contributed by atoms with Crippen LogP contribution in [0.3, 0.4) is 0 Å². The van der Waals surface area contributed by atoms with Crippen LogP contribution in [0.15, 0.2) is 42.5 Å². The Morgan fingerprint density at radius 3 is 2.59 bits per heavy atom. The molecule has 1 saturated heterocycles. The molecule has 1 amide bonds. The normalized spacial score (nSPS) is 13.7. The first-order chi connectivity index (χ1) is 15.6. The quantitative estimate of drug-likeness (QED) is 0.472. The average Bonchev–Trinajstić information content (AvgIpc) is 2.84.